The van der Waals surface area contributed by atoms with Crippen molar-refractivity contribution >= 4 is 51.0 Å². The molecule has 0 N–H and O–H groups in total. The van der Waals surface area contributed by atoms with Gasteiger partial charge in [0.05, 0.1) is 10.2 Å². The van der Waals surface area contributed by atoms with Crippen LogP contribution in [0.2, 0.25) is 5.15 Å². The second kappa shape index (κ2) is 5.08. The number of hydrogen-bond donors (Lipinski definition) is 0. The Labute approximate surface area is 117 Å². The van der Waals surface area contributed by atoms with Crippen LogP contribution in [0.5, 0.6) is 0 Å². The fourth-order valence-electron chi connectivity index (χ4n) is 1.71. The summed E-state index contributed by atoms with van der Waals surface area (Å²) in [4.78, 5) is 21.7. The highest BCUT2D eigenvalue weighted by Gasteiger charge is 2.32. The molecular weight excluding hydrogens is 329 g/mol. The molecule has 1 aromatic rings. The average molecular weight is 339 g/mol. The molecule has 7 heteroatoms. The number of aryl methyl sites for hydroxylation is 1. The maximum atomic E-state index is 11.8. The molecule has 2 heterocycles. The number of alkyl halides is 1. The number of aromatic nitrogens is 2. The summed E-state index contributed by atoms with van der Waals surface area (Å²) in [6, 6.07) is 0. The molecule has 4 nitrogen and oxygen atoms in total. The lowest BCUT2D eigenvalue weighted by Gasteiger charge is -2.15. The van der Waals surface area contributed by atoms with Crippen molar-refractivity contribution in [3.8, 4) is 0 Å². The summed E-state index contributed by atoms with van der Waals surface area (Å²) >= 11 is 15.0. The van der Waals surface area contributed by atoms with Crippen LogP contribution in [0.1, 0.15) is 12.1 Å². The minimum atomic E-state index is -0.00607. The predicted molar refractivity (Wildman–Crippen MR) is 70.7 cm³/mol. The van der Waals surface area contributed by atoms with Gasteiger partial charge in [0.15, 0.2) is 0 Å². The molecule has 1 saturated heterocycles. The molecule has 0 bridgehead atoms. The Morgan fingerprint density at radius 2 is 2.24 bits per heavy atom. The van der Waals surface area contributed by atoms with Crippen LogP contribution in [0.15, 0.2) is 4.47 Å². The molecule has 1 amide bonds. The van der Waals surface area contributed by atoms with E-state index < -0.39 is 0 Å². The van der Waals surface area contributed by atoms with Crippen molar-refractivity contribution in [2.45, 2.75) is 13.3 Å². The second-order valence-electron chi connectivity index (χ2n) is 3.94. The Morgan fingerprint density at radius 3 is 2.76 bits per heavy atom. The summed E-state index contributed by atoms with van der Waals surface area (Å²) < 4.78 is 0.656. The molecule has 0 aromatic carbocycles. The molecule has 1 aliphatic rings. The number of hydrogen-bond acceptors (Lipinski definition) is 3. The molecule has 0 saturated carbocycles. The fraction of sp³-hybridized carbons (Fsp3) is 0.500. The van der Waals surface area contributed by atoms with Crippen molar-refractivity contribution in [1.82, 2.24) is 9.97 Å². The van der Waals surface area contributed by atoms with E-state index in [1.807, 2.05) is 0 Å². The molecule has 17 heavy (non-hydrogen) atoms. The molecular formula is C10H10BrCl2N3O. The summed E-state index contributed by atoms with van der Waals surface area (Å²) in [5.74, 6) is 0.975. The quantitative estimate of drug-likeness (QED) is 0.615. The zero-order valence-corrected chi connectivity index (χ0v) is 12.2. The van der Waals surface area contributed by atoms with Gasteiger partial charge in [0, 0.05) is 18.8 Å². The summed E-state index contributed by atoms with van der Waals surface area (Å²) in [6.07, 6.45) is 0.444. The van der Waals surface area contributed by atoms with Crippen LogP contribution in [0.3, 0.4) is 0 Å². The zero-order valence-electron chi connectivity index (χ0n) is 9.08. The predicted octanol–water partition coefficient (Wildman–Crippen LogP) is 2.79. The van der Waals surface area contributed by atoms with Crippen molar-refractivity contribution < 1.29 is 4.79 Å². The van der Waals surface area contributed by atoms with Crippen LogP contribution >= 0.6 is 39.1 Å². The van der Waals surface area contributed by atoms with E-state index in [1.165, 1.54) is 0 Å². The van der Waals surface area contributed by atoms with Gasteiger partial charge >= 0.3 is 0 Å². The summed E-state index contributed by atoms with van der Waals surface area (Å²) in [6.45, 7) is 2.36. The van der Waals surface area contributed by atoms with Crippen LogP contribution in [-0.2, 0) is 4.79 Å². The van der Waals surface area contributed by atoms with Crippen LogP contribution in [0, 0.1) is 12.8 Å². The number of carbonyl (C=O) groups excluding carboxylic acids is 1. The highest BCUT2D eigenvalue weighted by atomic mass is 79.9. The molecule has 0 radical (unpaired) electrons. The largest absolute Gasteiger partial charge is 0.280 e. The van der Waals surface area contributed by atoms with E-state index in [2.05, 4.69) is 25.9 Å². The SMILES string of the molecule is Cc1nc(N2CC(CCl)CC2=O)nc(Cl)c1Br. The van der Waals surface area contributed by atoms with E-state index in [1.54, 1.807) is 11.8 Å². The molecule has 92 valence electrons. The third-order valence-electron chi connectivity index (χ3n) is 2.63. The first-order valence-corrected chi connectivity index (χ1v) is 6.79. The van der Waals surface area contributed by atoms with Crippen LogP contribution in [0.25, 0.3) is 0 Å². The lowest BCUT2D eigenvalue weighted by Crippen LogP contribution is -2.27. The van der Waals surface area contributed by atoms with Crippen LogP contribution in [-0.4, -0.2) is 28.3 Å². The zero-order chi connectivity index (χ0) is 12.6. The van der Waals surface area contributed by atoms with Gasteiger partial charge in [0.25, 0.3) is 0 Å². The van der Waals surface area contributed by atoms with E-state index in [-0.39, 0.29) is 11.8 Å². The highest BCUT2D eigenvalue weighted by Crippen LogP contribution is 2.28. The monoisotopic (exact) mass is 337 g/mol. The van der Waals surface area contributed by atoms with Gasteiger partial charge in [-0.05, 0) is 28.8 Å². The van der Waals surface area contributed by atoms with Gasteiger partial charge in [-0.25, -0.2) is 4.98 Å². The van der Waals surface area contributed by atoms with E-state index in [0.29, 0.717) is 40.1 Å². The van der Waals surface area contributed by atoms with Crippen LogP contribution < -0.4 is 4.90 Å². The van der Waals surface area contributed by atoms with E-state index in [9.17, 15) is 4.79 Å². The third kappa shape index (κ3) is 2.56. The van der Waals surface area contributed by atoms with Crippen molar-refractivity contribution in [2.24, 2.45) is 5.92 Å². The van der Waals surface area contributed by atoms with Gasteiger partial charge in [0.1, 0.15) is 5.15 Å². The highest BCUT2D eigenvalue weighted by molar-refractivity contribution is 9.10. The molecule has 1 aromatic heterocycles. The number of halogens is 3. The van der Waals surface area contributed by atoms with Gasteiger partial charge < -0.3 is 0 Å². The molecule has 1 aliphatic heterocycles. The Bertz CT molecular complexity index is 446. The Balaban J connectivity index is 2.32. The molecule has 1 fully saturated rings. The first-order valence-electron chi connectivity index (χ1n) is 5.09. The standard InChI is InChI=1S/C10H10BrCl2N3O/c1-5-8(11)9(13)15-10(14-5)16-4-6(3-12)2-7(16)17/h6H,2-4H2,1H3. The number of anilines is 1. The van der Waals surface area contributed by atoms with Crippen LogP contribution in [0.4, 0.5) is 5.95 Å². The smallest absolute Gasteiger partial charge is 0.233 e. The molecule has 1 unspecified atom stereocenters. The van der Waals surface area contributed by atoms with E-state index in [4.69, 9.17) is 23.2 Å². The Kier molecular flexibility index (Phi) is 3.90. The first kappa shape index (κ1) is 13.1. The summed E-state index contributed by atoms with van der Waals surface area (Å²) in [5.41, 5.74) is 0.710. The molecule has 1 atom stereocenters. The lowest BCUT2D eigenvalue weighted by molar-refractivity contribution is -0.117. The van der Waals surface area contributed by atoms with E-state index in [0.717, 1.165) is 0 Å². The van der Waals surface area contributed by atoms with Gasteiger partial charge in [-0.15, -0.1) is 11.6 Å². The first-order chi connectivity index (χ1) is 8.02. The number of rotatable bonds is 2. The molecule has 0 spiro atoms. The van der Waals surface area contributed by atoms with Gasteiger partial charge in [-0.3, -0.25) is 9.69 Å². The normalized spacial score (nSPS) is 20.1. The second-order valence-corrected chi connectivity index (χ2v) is 5.40. The lowest BCUT2D eigenvalue weighted by atomic mass is 10.2. The molecule has 2 rings (SSSR count). The van der Waals surface area contributed by atoms with Crippen molar-refractivity contribution in [3.05, 3.63) is 15.3 Å². The van der Waals surface area contributed by atoms with Crippen molar-refractivity contribution in [3.63, 3.8) is 0 Å². The van der Waals surface area contributed by atoms with E-state index >= 15 is 0 Å². The maximum absolute atomic E-state index is 11.8. The number of nitrogens with zero attached hydrogens (tertiary/aromatic N) is 3. The third-order valence-corrected chi connectivity index (χ3v) is 4.52. The van der Waals surface area contributed by atoms with Gasteiger partial charge in [-0.1, -0.05) is 11.6 Å². The Hall–Kier alpha value is -0.390. The van der Waals surface area contributed by atoms with Gasteiger partial charge in [0.2, 0.25) is 11.9 Å². The number of carbonyl (C=O) groups is 1. The maximum Gasteiger partial charge on any atom is 0.233 e. The van der Waals surface area contributed by atoms with Crippen molar-refractivity contribution in [2.75, 3.05) is 17.3 Å². The average Bonchev–Trinajstić information content (AvgIpc) is 2.67. The summed E-state index contributed by atoms with van der Waals surface area (Å²) in [7, 11) is 0. The summed E-state index contributed by atoms with van der Waals surface area (Å²) in [5, 5.41) is 0.314. The topological polar surface area (TPSA) is 46.1 Å². The minimum Gasteiger partial charge on any atom is -0.280 e. The molecule has 0 aliphatic carbocycles. The van der Waals surface area contributed by atoms with Gasteiger partial charge in [-0.2, -0.15) is 4.98 Å². The van der Waals surface area contributed by atoms with Crippen molar-refractivity contribution in [1.29, 1.82) is 0 Å². The Morgan fingerprint density at radius 1 is 1.53 bits per heavy atom. The fourth-order valence-corrected chi connectivity index (χ4v) is 2.31. The minimum absolute atomic E-state index is 0.00607. The number of amides is 1.